The van der Waals surface area contributed by atoms with Crippen molar-refractivity contribution >= 4 is 34.4 Å². The molecule has 136 valence electrons. The van der Waals surface area contributed by atoms with E-state index in [0.29, 0.717) is 6.04 Å². The second-order valence-corrected chi connectivity index (χ2v) is 9.39. The van der Waals surface area contributed by atoms with E-state index < -0.39 is 0 Å². The van der Waals surface area contributed by atoms with Crippen molar-refractivity contribution in [3.05, 3.63) is 69.6 Å². The summed E-state index contributed by atoms with van der Waals surface area (Å²) in [6.07, 6.45) is 3.34. The van der Waals surface area contributed by atoms with E-state index in [0.717, 1.165) is 33.9 Å². The highest BCUT2D eigenvalue weighted by Crippen LogP contribution is 2.40. The fraction of sp³-hybridized carbons (Fsp3) is 0.250. The lowest BCUT2D eigenvalue weighted by molar-refractivity contribution is 0.635. The van der Waals surface area contributed by atoms with Crippen LogP contribution in [0.15, 0.2) is 58.4 Å². The minimum Gasteiger partial charge on any atom is -0.303 e. The summed E-state index contributed by atoms with van der Waals surface area (Å²) in [5.74, 6) is 1.92. The highest BCUT2D eigenvalue weighted by molar-refractivity contribution is 7.98. The number of thioether (sulfide) groups is 1. The molecule has 0 unspecified atom stereocenters. The highest BCUT2D eigenvalue weighted by atomic mass is 32.2. The number of thiophene rings is 1. The molecular weight excluding hydrogens is 392 g/mol. The smallest absolute Gasteiger partial charge is 0.191 e. The first-order valence-electron chi connectivity index (χ1n) is 8.95. The lowest BCUT2D eigenvalue weighted by Crippen LogP contribution is -2.03. The Balaban J connectivity index is 1.31. The first-order chi connectivity index (χ1) is 13.4. The topological polar surface area (TPSA) is 43.6 Å². The van der Waals surface area contributed by atoms with Gasteiger partial charge in [-0.3, -0.25) is 0 Å². The number of hydrogen-bond donors (Lipinski definition) is 0. The largest absolute Gasteiger partial charge is 0.303 e. The number of hydrogen-bond acceptors (Lipinski definition) is 6. The molecule has 4 nitrogen and oxygen atoms in total. The van der Waals surface area contributed by atoms with Crippen LogP contribution >= 0.6 is 34.4 Å². The van der Waals surface area contributed by atoms with Crippen LogP contribution < -0.4 is 0 Å². The van der Waals surface area contributed by atoms with Gasteiger partial charge in [0, 0.05) is 34.0 Å². The molecule has 1 aliphatic carbocycles. The maximum Gasteiger partial charge on any atom is 0.191 e. The number of aromatic nitrogens is 4. The van der Waals surface area contributed by atoms with E-state index in [1.54, 1.807) is 34.4 Å². The predicted molar refractivity (Wildman–Crippen MR) is 113 cm³/mol. The van der Waals surface area contributed by atoms with Gasteiger partial charge in [0.25, 0.3) is 0 Å². The molecule has 1 fully saturated rings. The van der Waals surface area contributed by atoms with Crippen molar-refractivity contribution in [2.75, 3.05) is 0 Å². The van der Waals surface area contributed by atoms with Gasteiger partial charge in [-0.25, -0.2) is 4.98 Å². The number of rotatable bonds is 7. The minimum atomic E-state index is 0.577. The average molecular weight is 411 g/mol. The normalized spacial score (nSPS) is 13.9. The Hall–Kier alpha value is -1.96. The molecule has 0 atom stereocenters. The number of thiazole rings is 1. The van der Waals surface area contributed by atoms with Crippen molar-refractivity contribution in [2.45, 2.75) is 36.2 Å². The summed E-state index contributed by atoms with van der Waals surface area (Å²) < 4.78 is 2.36. The van der Waals surface area contributed by atoms with Crippen LogP contribution in [0.2, 0.25) is 0 Å². The standard InChI is InChI=1S/C20H18N4S3/c1-2-5-14(6-3-1)19-21-15(12-26-19)13-27-20-23-22-18(24(20)16-8-9-16)11-17-7-4-10-25-17/h1-7,10,12,16H,8-9,11,13H2. The van der Waals surface area contributed by atoms with Gasteiger partial charge in [0.1, 0.15) is 10.8 Å². The molecule has 0 N–H and O–H groups in total. The molecule has 0 saturated heterocycles. The molecule has 0 bridgehead atoms. The second-order valence-electron chi connectivity index (χ2n) is 6.55. The molecule has 5 rings (SSSR count). The molecule has 0 amide bonds. The van der Waals surface area contributed by atoms with Crippen LogP contribution in [0.25, 0.3) is 10.6 Å². The zero-order valence-corrected chi connectivity index (χ0v) is 17.1. The van der Waals surface area contributed by atoms with Gasteiger partial charge < -0.3 is 4.57 Å². The van der Waals surface area contributed by atoms with Crippen molar-refractivity contribution in [3.8, 4) is 10.6 Å². The summed E-state index contributed by atoms with van der Waals surface area (Å²) in [5, 5.41) is 15.4. The third kappa shape index (κ3) is 3.85. The predicted octanol–water partition coefficient (Wildman–Crippen LogP) is 5.68. The third-order valence-electron chi connectivity index (χ3n) is 4.48. The Labute approximate surface area is 170 Å². The van der Waals surface area contributed by atoms with Crippen molar-refractivity contribution in [3.63, 3.8) is 0 Å². The van der Waals surface area contributed by atoms with Gasteiger partial charge in [-0.2, -0.15) is 0 Å². The molecule has 1 saturated carbocycles. The van der Waals surface area contributed by atoms with Crippen molar-refractivity contribution in [1.82, 2.24) is 19.7 Å². The first kappa shape index (κ1) is 17.2. The lowest BCUT2D eigenvalue weighted by atomic mass is 10.2. The fourth-order valence-electron chi connectivity index (χ4n) is 3.02. The Kier molecular flexibility index (Phi) is 4.82. The van der Waals surface area contributed by atoms with Gasteiger partial charge in [-0.15, -0.1) is 32.9 Å². The zero-order valence-electron chi connectivity index (χ0n) is 14.6. The Morgan fingerprint density at radius 1 is 1.04 bits per heavy atom. The van der Waals surface area contributed by atoms with Crippen LogP contribution in [0.1, 0.15) is 35.3 Å². The summed E-state index contributed by atoms with van der Waals surface area (Å²) in [5.41, 5.74) is 2.28. The zero-order chi connectivity index (χ0) is 18.1. The number of benzene rings is 1. The quantitative estimate of drug-likeness (QED) is 0.368. The molecule has 0 aliphatic heterocycles. The van der Waals surface area contributed by atoms with E-state index in [1.807, 2.05) is 6.07 Å². The molecule has 3 aromatic heterocycles. The molecule has 27 heavy (non-hydrogen) atoms. The Morgan fingerprint density at radius 3 is 2.70 bits per heavy atom. The molecule has 0 spiro atoms. The molecule has 1 aromatic carbocycles. The van der Waals surface area contributed by atoms with Crippen molar-refractivity contribution < 1.29 is 0 Å². The first-order valence-corrected chi connectivity index (χ1v) is 11.7. The van der Waals surface area contributed by atoms with Gasteiger partial charge in [-0.1, -0.05) is 48.2 Å². The van der Waals surface area contributed by atoms with E-state index >= 15 is 0 Å². The summed E-state index contributed by atoms with van der Waals surface area (Å²) in [4.78, 5) is 6.14. The van der Waals surface area contributed by atoms with Gasteiger partial charge in [0.2, 0.25) is 0 Å². The molecule has 3 heterocycles. The molecule has 4 aromatic rings. The van der Waals surface area contributed by atoms with E-state index in [-0.39, 0.29) is 0 Å². The van der Waals surface area contributed by atoms with E-state index in [1.165, 1.54) is 23.3 Å². The van der Waals surface area contributed by atoms with Crippen LogP contribution in [0, 0.1) is 0 Å². The molecule has 0 radical (unpaired) electrons. The third-order valence-corrected chi connectivity index (χ3v) is 7.27. The van der Waals surface area contributed by atoms with Gasteiger partial charge in [0.05, 0.1) is 5.69 Å². The van der Waals surface area contributed by atoms with E-state index in [4.69, 9.17) is 4.98 Å². The van der Waals surface area contributed by atoms with Crippen LogP contribution in [0.4, 0.5) is 0 Å². The van der Waals surface area contributed by atoms with E-state index in [2.05, 4.69) is 61.9 Å². The summed E-state index contributed by atoms with van der Waals surface area (Å²) in [6, 6.07) is 15.2. The van der Waals surface area contributed by atoms with Crippen LogP contribution in [0.3, 0.4) is 0 Å². The van der Waals surface area contributed by atoms with Gasteiger partial charge >= 0.3 is 0 Å². The lowest BCUT2D eigenvalue weighted by Gasteiger charge is -2.07. The molecule has 7 heteroatoms. The second kappa shape index (κ2) is 7.58. The SMILES string of the molecule is c1ccc(-c2nc(CSc3nnc(Cc4cccs4)n3C3CC3)cs2)cc1. The van der Waals surface area contributed by atoms with Crippen LogP contribution in [-0.4, -0.2) is 19.7 Å². The van der Waals surface area contributed by atoms with Gasteiger partial charge in [-0.05, 0) is 24.3 Å². The average Bonchev–Trinajstić information content (AvgIpc) is 3.11. The summed E-state index contributed by atoms with van der Waals surface area (Å²) >= 11 is 5.23. The fourth-order valence-corrected chi connectivity index (χ4v) is 5.57. The Morgan fingerprint density at radius 2 is 1.93 bits per heavy atom. The van der Waals surface area contributed by atoms with E-state index in [9.17, 15) is 0 Å². The monoisotopic (exact) mass is 410 g/mol. The Bertz CT molecular complexity index is 1020. The highest BCUT2D eigenvalue weighted by Gasteiger charge is 2.29. The maximum absolute atomic E-state index is 4.80. The minimum absolute atomic E-state index is 0.577. The van der Waals surface area contributed by atoms with Crippen molar-refractivity contribution in [1.29, 1.82) is 0 Å². The maximum atomic E-state index is 4.80. The molecule has 1 aliphatic rings. The summed E-state index contributed by atoms with van der Waals surface area (Å²) in [6.45, 7) is 0. The summed E-state index contributed by atoms with van der Waals surface area (Å²) in [7, 11) is 0. The van der Waals surface area contributed by atoms with Crippen LogP contribution in [-0.2, 0) is 12.2 Å². The van der Waals surface area contributed by atoms with Crippen molar-refractivity contribution in [2.24, 2.45) is 0 Å². The van der Waals surface area contributed by atoms with Gasteiger partial charge in [0.15, 0.2) is 5.16 Å². The number of nitrogens with zero attached hydrogens (tertiary/aromatic N) is 4. The van der Waals surface area contributed by atoms with Crippen LogP contribution in [0.5, 0.6) is 0 Å². The molecular formula is C20H18N4S3.